The molecule has 0 bridgehead atoms. The Hall–Kier alpha value is -1.57. The van der Waals surface area contributed by atoms with E-state index in [1.54, 1.807) is 12.1 Å². The van der Waals surface area contributed by atoms with E-state index in [0.29, 0.717) is 38.5 Å². The molecular weight excluding hydrogens is 379 g/mol. The molecule has 2 atom stereocenters. The van der Waals surface area contributed by atoms with Crippen molar-refractivity contribution in [2.45, 2.75) is 31.7 Å². The van der Waals surface area contributed by atoms with E-state index >= 15 is 0 Å². The van der Waals surface area contributed by atoms with Gasteiger partial charge in [0.1, 0.15) is 0 Å². The largest absolute Gasteiger partial charge is 0.368 e. The third kappa shape index (κ3) is 5.22. The second-order valence-electron chi connectivity index (χ2n) is 6.70. The third-order valence-corrected chi connectivity index (χ3v) is 5.19. The fourth-order valence-electron chi connectivity index (χ4n) is 3.69. The smallest absolute Gasteiger partial charge is 0.271 e. The molecule has 2 aliphatic rings. The first kappa shape index (κ1) is 22.5. The lowest BCUT2D eigenvalue weighted by atomic mass is 9.99. The number of nitro groups is 1. The molecule has 0 spiro atoms. The number of carbonyl (C=O) groups excluding carboxylic acids is 1. The molecule has 1 aromatic carbocycles. The third-order valence-electron chi connectivity index (χ3n) is 5.19. The summed E-state index contributed by atoms with van der Waals surface area (Å²) in [6.45, 7) is 2.71. The Balaban J connectivity index is 0.00000169. The highest BCUT2D eigenvalue weighted by Crippen LogP contribution is 2.28. The van der Waals surface area contributed by atoms with Gasteiger partial charge in [-0.15, -0.1) is 24.8 Å². The van der Waals surface area contributed by atoms with Crippen molar-refractivity contribution in [3.63, 3.8) is 0 Å². The number of nitro benzene ring substituents is 1. The SMILES string of the molecule is Cl.Cl.N[C@@H]1CCC[C@H]1CC(=O)N1CCN(c2cccc([N+](=O)[O-])c2)CC1. The van der Waals surface area contributed by atoms with Crippen molar-refractivity contribution in [3.05, 3.63) is 34.4 Å². The number of nitrogens with two attached hydrogens (primary N) is 1. The summed E-state index contributed by atoms with van der Waals surface area (Å²) in [6.07, 6.45) is 3.76. The molecule has 1 aliphatic carbocycles. The molecule has 2 fully saturated rings. The number of benzene rings is 1. The van der Waals surface area contributed by atoms with Gasteiger partial charge in [-0.1, -0.05) is 12.5 Å². The van der Waals surface area contributed by atoms with E-state index in [1.807, 2.05) is 11.0 Å². The van der Waals surface area contributed by atoms with Crippen LogP contribution in [0.25, 0.3) is 0 Å². The van der Waals surface area contributed by atoms with E-state index in [9.17, 15) is 14.9 Å². The summed E-state index contributed by atoms with van der Waals surface area (Å²) in [4.78, 5) is 27.0. The van der Waals surface area contributed by atoms with Gasteiger partial charge in [-0.25, -0.2) is 0 Å². The number of anilines is 1. The molecule has 1 saturated carbocycles. The Morgan fingerprint density at radius 3 is 2.46 bits per heavy atom. The zero-order chi connectivity index (χ0) is 17.1. The molecule has 146 valence electrons. The number of non-ortho nitro benzene ring substituents is 1. The lowest BCUT2D eigenvalue weighted by Gasteiger charge is -2.36. The van der Waals surface area contributed by atoms with Gasteiger partial charge in [0.05, 0.1) is 4.92 Å². The second-order valence-corrected chi connectivity index (χ2v) is 6.70. The first-order valence-electron chi connectivity index (χ1n) is 8.57. The fourth-order valence-corrected chi connectivity index (χ4v) is 3.69. The zero-order valence-electron chi connectivity index (χ0n) is 14.6. The lowest BCUT2D eigenvalue weighted by Crippen LogP contribution is -2.49. The molecule has 1 saturated heterocycles. The Bertz CT molecular complexity index is 624. The standard InChI is InChI=1S/C17H24N4O3.2ClH/c18-16-6-1-3-13(16)11-17(22)20-9-7-19(8-10-20)14-4-2-5-15(12-14)21(23)24;;/h2,4-5,12-13,16H,1,3,6-11,18H2;2*1H/t13-,16+;;/m0../s1. The van der Waals surface area contributed by atoms with Crippen LogP contribution in [-0.4, -0.2) is 48.0 Å². The monoisotopic (exact) mass is 404 g/mol. The van der Waals surface area contributed by atoms with Crippen LogP contribution in [0.15, 0.2) is 24.3 Å². The van der Waals surface area contributed by atoms with Gasteiger partial charge >= 0.3 is 0 Å². The summed E-state index contributed by atoms with van der Waals surface area (Å²) in [7, 11) is 0. The van der Waals surface area contributed by atoms with Crippen molar-refractivity contribution >= 4 is 42.1 Å². The average molecular weight is 405 g/mol. The summed E-state index contributed by atoms with van der Waals surface area (Å²) < 4.78 is 0. The van der Waals surface area contributed by atoms with Crippen LogP contribution in [-0.2, 0) is 4.79 Å². The first-order chi connectivity index (χ1) is 11.5. The number of hydrogen-bond donors (Lipinski definition) is 1. The minimum atomic E-state index is -0.381. The number of nitrogens with zero attached hydrogens (tertiary/aromatic N) is 3. The Labute approximate surface area is 165 Å². The number of carbonyl (C=O) groups is 1. The summed E-state index contributed by atoms with van der Waals surface area (Å²) in [6, 6.07) is 6.83. The van der Waals surface area contributed by atoms with E-state index in [4.69, 9.17) is 5.73 Å². The number of rotatable bonds is 4. The molecule has 0 unspecified atom stereocenters. The molecule has 9 heteroatoms. The van der Waals surface area contributed by atoms with Gasteiger partial charge in [-0.3, -0.25) is 14.9 Å². The summed E-state index contributed by atoms with van der Waals surface area (Å²) in [5.74, 6) is 0.517. The molecule has 2 N–H and O–H groups in total. The highest BCUT2D eigenvalue weighted by Gasteiger charge is 2.29. The second kappa shape index (κ2) is 9.94. The van der Waals surface area contributed by atoms with Crippen molar-refractivity contribution in [3.8, 4) is 0 Å². The van der Waals surface area contributed by atoms with Crippen LogP contribution in [0.3, 0.4) is 0 Å². The Morgan fingerprint density at radius 1 is 1.19 bits per heavy atom. The maximum atomic E-state index is 12.4. The minimum absolute atomic E-state index is 0. The van der Waals surface area contributed by atoms with Crippen molar-refractivity contribution in [2.75, 3.05) is 31.1 Å². The van der Waals surface area contributed by atoms with Gasteiger partial charge in [0.2, 0.25) is 5.91 Å². The van der Waals surface area contributed by atoms with Gasteiger partial charge < -0.3 is 15.5 Å². The lowest BCUT2D eigenvalue weighted by molar-refractivity contribution is -0.384. The van der Waals surface area contributed by atoms with Crippen LogP contribution < -0.4 is 10.6 Å². The van der Waals surface area contributed by atoms with Gasteiger partial charge in [0.15, 0.2) is 0 Å². The molecule has 3 rings (SSSR count). The topological polar surface area (TPSA) is 92.7 Å². The summed E-state index contributed by atoms with van der Waals surface area (Å²) in [5.41, 5.74) is 7.00. The number of hydrogen-bond acceptors (Lipinski definition) is 5. The van der Waals surface area contributed by atoms with Crippen LogP contribution in [0.5, 0.6) is 0 Å². The number of piperazine rings is 1. The summed E-state index contributed by atoms with van der Waals surface area (Å²) >= 11 is 0. The molecule has 1 amide bonds. The normalized spacial score (nSPS) is 22.3. The van der Waals surface area contributed by atoms with E-state index in [1.165, 1.54) is 6.07 Å². The van der Waals surface area contributed by atoms with E-state index < -0.39 is 0 Å². The number of amides is 1. The molecule has 0 aromatic heterocycles. The van der Waals surface area contributed by atoms with Gasteiger partial charge in [0.25, 0.3) is 5.69 Å². The van der Waals surface area contributed by atoms with Crippen LogP contribution in [0, 0.1) is 16.0 Å². The number of halogens is 2. The van der Waals surface area contributed by atoms with Crippen LogP contribution in [0.2, 0.25) is 0 Å². The van der Waals surface area contributed by atoms with Gasteiger partial charge in [-0.05, 0) is 24.8 Å². The minimum Gasteiger partial charge on any atom is -0.368 e. The maximum Gasteiger partial charge on any atom is 0.271 e. The Kier molecular flexibility index (Phi) is 8.59. The molecule has 1 heterocycles. The highest BCUT2D eigenvalue weighted by molar-refractivity contribution is 5.85. The van der Waals surface area contributed by atoms with Crippen LogP contribution >= 0.6 is 24.8 Å². The predicted octanol–water partition coefficient (Wildman–Crippen LogP) is 2.60. The molecule has 1 aromatic rings. The molecule has 0 radical (unpaired) electrons. The fraction of sp³-hybridized carbons (Fsp3) is 0.588. The van der Waals surface area contributed by atoms with Crippen molar-refractivity contribution in [1.29, 1.82) is 0 Å². The Morgan fingerprint density at radius 2 is 1.88 bits per heavy atom. The summed E-state index contributed by atoms with van der Waals surface area (Å²) in [5, 5.41) is 10.9. The van der Waals surface area contributed by atoms with Crippen molar-refractivity contribution < 1.29 is 9.72 Å². The molecule has 1 aliphatic heterocycles. The van der Waals surface area contributed by atoms with Crippen LogP contribution in [0.1, 0.15) is 25.7 Å². The van der Waals surface area contributed by atoms with Crippen molar-refractivity contribution in [1.82, 2.24) is 4.90 Å². The van der Waals surface area contributed by atoms with E-state index in [-0.39, 0.29) is 47.4 Å². The van der Waals surface area contributed by atoms with Gasteiger partial charge in [0, 0.05) is 56.5 Å². The average Bonchev–Trinajstić information content (AvgIpc) is 3.00. The molecular formula is C17H26Cl2N4O3. The zero-order valence-corrected chi connectivity index (χ0v) is 16.2. The quantitative estimate of drug-likeness (QED) is 0.614. The van der Waals surface area contributed by atoms with Crippen molar-refractivity contribution in [2.24, 2.45) is 11.7 Å². The van der Waals surface area contributed by atoms with E-state index in [2.05, 4.69) is 4.90 Å². The highest BCUT2D eigenvalue weighted by atomic mass is 35.5. The van der Waals surface area contributed by atoms with Gasteiger partial charge in [-0.2, -0.15) is 0 Å². The maximum absolute atomic E-state index is 12.4. The van der Waals surface area contributed by atoms with Crippen LogP contribution in [0.4, 0.5) is 11.4 Å². The first-order valence-corrected chi connectivity index (χ1v) is 8.57. The predicted molar refractivity (Wildman–Crippen MR) is 106 cm³/mol. The molecule has 7 nitrogen and oxygen atoms in total. The van der Waals surface area contributed by atoms with E-state index in [0.717, 1.165) is 24.9 Å². The molecule has 26 heavy (non-hydrogen) atoms.